The molecule has 4 nitrogen and oxygen atoms in total. The minimum absolute atomic E-state index is 0.210. The number of imidazole rings is 1. The third-order valence-corrected chi connectivity index (χ3v) is 3.75. The number of halogens is 1. The first-order chi connectivity index (χ1) is 9.65. The van der Waals surface area contributed by atoms with Gasteiger partial charge < -0.3 is 9.88 Å². The second kappa shape index (κ2) is 5.09. The summed E-state index contributed by atoms with van der Waals surface area (Å²) in [6.07, 6.45) is 3.30. The zero-order chi connectivity index (χ0) is 14.1. The van der Waals surface area contributed by atoms with E-state index in [9.17, 15) is 4.79 Å². The monoisotopic (exact) mass is 329 g/mol. The summed E-state index contributed by atoms with van der Waals surface area (Å²) >= 11 is 3.52. The number of rotatable bonds is 2. The van der Waals surface area contributed by atoms with E-state index >= 15 is 0 Å². The highest BCUT2D eigenvalue weighted by Gasteiger charge is 2.11. The number of amides is 1. The van der Waals surface area contributed by atoms with Crippen LogP contribution >= 0.6 is 15.9 Å². The van der Waals surface area contributed by atoms with E-state index < -0.39 is 0 Å². The number of carbonyl (C=O) groups excluding carboxylic acids is 1. The maximum atomic E-state index is 12.2. The van der Waals surface area contributed by atoms with Crippen molar-refractivity contribution in [3.8, 4) is 0 Å². The first kappa shape index (κ1) is 12.9. The molecule has 20 heavy (non-hydrogen) atoms. The number of hydrogen-bond donors (Lipinski definition) is 1. The van der Waals surface area contributed by atoms with Gasteiger partial charge in [-0.15, -0.1) is 0 Å². The second-order valence-electron chi connectivity index (χ2n) is 4.52. The van der Waals surface area contributed by atoms with Gasteiger partial charge >= 0.3 is 0 Å². The van der Waals surface area contributed by atoms with Crippen LogP contribution in [0, 0.1) is 0 Å². The van der Waals surface area contributed by atoms with Crippen LogP contribution in [0.25, 0.3) is 10.8 Å². The second-order valence-corrected chi connectivity index (χ2v) is 5.37. The predicted octanol–water partition coefficient (Wildman–Crippen LogP) is 3.59. The Labute approximate surface area is 124 Å². The lowest BCUT2D eigenvalue weighted by Crippen LogP contribution is -2.12. The van der Waals surface area contributed by atoms with E-state index in [2.05, 4.69) is 26.2 Å². The average molecular weight is 330 g/mol. The van der Waals surface area contributed by atoms with Crippen LogP contribution in [0.5, 0.6) is 0 Å². The van der Waals surface area contributed by atoms with Gasteiger partial charge in [-0.25, -0.2) is 4.98 Å². The Kier molecular flexibility index (Phi) is 3.28. The van der Waals surface area contributed by atoms with Crippen molar-refractivity contribution in [3.63, 3.8) is 0 Å². The Hall–Kier alpha value is -2.14. The summed E-state index contributed by atoms with van der Waals surface area (Å²) in [6, 6.07) is 11.7. The van der Waals surface area contributed by atoms with Crippen molar-refractivity contribution < 1.29 is 4.79 Å². The molecule has 1 heterocycles. The van der Waals surface area contributed by atoms with Gasteiger partial charge in [0.15, 0.2) is 0 Å². The molecule has 0 unspecified atom stereocenters. The van der Waals surface area contributed by atoms with E-state index in [0.717, 1.165) is 20.9 Å². The summed E-state index contributed by atoms with van der Waals surface area (Å²) in [4.78, 5) is 16.2. The topological polar surface area (TPSA) is 46.9 Å². The fourth-order valence-corrected chi connectivity index (χ4v) is 2.57. The number of benzene rings is 2. The molecule has 0 bridgehead atoms. The number of aryl methyl sites for hydroxylation is 1. The predicted molar refractivity (Wildman–Crippen MR) is 82.8 cm³/mol. The molecule has 0 aliphatic heterocycles. The molecule has 1 aromatic heterocycles. The lowest BCUT2D eigenvalue weighted by molar-refractivity contribution is 0.102. The van der Waals surface area contributed by atoms with Crippen LogP contribution < -0.4 is 5.32 Å². The van der Waals surface area contributed by atoms with Gasteiger partial charge in [0, 0.05) is 28.8 Å². The van der Waals surface area contributed by atoms with Gasteiger partial charge in [0.2, 0.25) is 0 Å². The minimum Gasteiger partial charge on any atom is -0.340 e. The van der Waals surface area contributed by atoms with Gasteiger partial charge in [-0.2, -0.15) is 0 Å². The van der Waals surface area contributed by atoms with Gasteiger partial charge in [0.1, 0.15) is 5.69 Å². The molecule has 1 amide bonds. The number of aromatic nitrogens is 2. The van der Waals surface area contributed by atoms with Gasteiger partial charge in [-0.05, 0) is 17.5 Å². The quantitative estimate of drug-likeness (QED) is 0.781. The maximum absolute atomic E-state index is 12.2. The Morgan fingerprint density at radius 1 is 1.20 bits per heavy atom. The summed E-state index contributed by atoms with van der Waals surface area (Å²) in [5.41, 5.74) is 1.18. The first-order valence-electron chi connectivity index (χ1n) is 6.12. The van der Waals surface area contributed by atoms with Crippen LogP contribution in [-0.4, -0.2) is 15.5 Å². The zero-order valence-electron chi connectivity index (χ0n) is 10.8. The highest BCUT2D eigenvalue weighted by atomic mass is 79.9. The summed E-state index contributed by atoms with van der Waals surface area (Å²) in [5, 5.41) is 4.96. The van der Waals surface area contributed by atoms with E-state index in [1.54, 1.807) is 17.1 Å². The van der Waals surface area contributed by atoms with Crippen molar-refractivity contribution in [2.75, 3.05) is 5.32 Å². The number of nitrogens with one attached hydrogen (secondary N) is 1. The average Bonchev–Trinajstić information content (AvgIpc) is 2.89. The fraction of sp³-hybridized carbons (Fsp3) is 0.0667. The summed E-state index contributed by atoms with van der Waals surface area (Å²) in [7, 11) is 1.83. The molecule has 3 aromatic rings. The Balaban J connectivity index is 1.99. The molecule has 0 aliphatic rings. The normalized spacial score (nSPS) is 10.7. The Morgan fingerprint density at radius 3 is 2.65 bits per heavy atom. The van der Waals surface area contributed by atoms with Crippen LogP contribution in [0.4, 0.5) is 5.69 Å². The summed E-state index contributed by atoms with van der Waals surface area (Å²) in [5.74, 6) is -0.210. The molecule has 3 rings (SSSR count). The van der Waals surface area contributed by atoms with Crippen LogP contribution in [0.2, 0.25) is 0 Å². The summed E-state index contributed by atoms with van der Waals surface area (Å²) < 4.78 is 2.75. The highest BCUT2D eigenvalue weighted by Crippen LogP contribution is 2.30. The lowest BCUT2D eigenvalue weighted by atomic mass is 10.1. The molecule has 0 radical (unpaired) electrons. The van der Waals surface area contributed by atoms with Crippen molar-refractivity contribution in [2.24, 2.45) is 7.05 Å². The number of hydrogen-bond acceptors (Lipinski definition) is 2. The van der Waals surface area contributed by atoms with Gasteiger partial charge in [-0.1, -0.05) is 40.2 Å². The van der Waals surface area contributed by atoms with Crippen LogP contribution in [-0.2, 0) is 7.05 Å². The van der Waals surface area contributed by atoms with Gasteiger partial charge in [0.25, 0.3) is 5.91 Å². The van der Waals surface area contributed by atoms with Gasteiger partial charge in [-0.3, -0.25) is 4.79 Å². The number of carbonyl (C=O) groups is 1. The Morgan fingerprint density at radius 2 is 1.95 bits per heavy atom. The third kappa shape index (κ3) is 2.32. The largest absolute Gasteiger partial charge is 0.340 e. The zero-order valence-corrected chi connectivity index (χ0v) is 12.4. The minimum atomic E-state index is -0.210. The third-order valence-electron chi connectivity index (χ3n) is 3.06. The van der Waals surface area contributed by atoms with Crippen LogP contribution in [0.1, 0.15) is 10.5 Å². The molecule has 0 saturated carbocycles. The summed E-state index contributed by atoms with van der Waals surface area (Å²) in [6.45, 7) is 0. The molecule has 0 aliphatic carbocycles. The van der Waals surface area contributed by atoms with Crippen molar-refractivity contribution in [1.82, 2.24) is 9.55 Å². The maximum Gasteiger partial charge on any atom is 0.275 e. The Bertz CT molecular complexity index is 795. The molecule has 2 aromatic carbocycles. The standard InChI is InChI=1S/C15H12BrN3O/c1-19-8-14(17-9-19)15(20)18-13-7-6-12(16)10-4-2-3-5-11(10)13/h2-9H,1H3,(H,18,20). The number of anilines is 1. The van der Waals surface area contributed by atoms with E-state index in [-0.39, 0.29) is 5.91 Å². The van der Waals surface area contributed by atoms with E-state index in [0.29, 0.717) is 5.69 Å². The van der Waals surface area contributed by atoms with Crippen molar-refractivity contribution in [2.45, 2.75) is 0 Å². The molecule has 0 saturated heterocycles. The highest BCUT2D eigenvalue weighted by molar-refractivity contribution is 9.10. The van der Waals surface area contributed by atoms with Crippen molar-refractivity contribution in [3.05, 3.63) is 59.1 Å². The molecule has 0 fully saturated rings. The molecular weight excluding hydrogens is 318 g/mol. The number of nitrogens with zero attached hydrogens (tertiary/aromatic N) is 2. The van der Waals surface area contributed by atoms with E-state index in [1.165, 1.54) is 0 Å². The van der Waals surface area contributed by atoms with E-state index in [4.69, 9.17) is 0 Å². The molecule has 0 spiro atoms. The molecule has 0 atom stereocenters. The van der Waals surface area contributed by atoms with Crippen molar-refractivity contribution in [1.29, 1.82) is 0 Å². The van der Waals surface area contributed by atoms with Crippen LogP contribution in [0.3, 0.4) is 0 Å². The molecule has 100 valence electrons. The van der Waals surface area contributed by atoms with Gasteiger partial charge in [0.05, 0.1) is 6.33 Å². The fourth-order valence-electron chi connectivity index (χ4n) is 2.09. The SMILES string of the molecule is Cn1cnc(C(=O)Nc2ccc(Br)c3ccccc23)c1. The van der Waals surface area contributed by atoms with Crippen molar-refractivity contribution >= 4 is 38.3 Å². The molecular formula is C15H12BrN3O. The first-order valence-corrected chi connectivity index (χ1v) is 6.91. The van der Waals surface area contributed by atoms with Crippen LogP contribution in [0.15, 0.2) is 53.4 Å². The molecule has 5 heteroatoms. The smallest absolute Gasteiger partial charge is 0.275 e. The number of fused-ring (bicyclic) bond motifs is 1. The lowest BCUT2D eigenvalue weighted by Gasteiger charge is -2.09. The van der Waals surface area contributed by atoms with E-state index in [1.807, 2.05) is 43.4 Å². The molecule has 1 N–H and O–H groups in total.